The van der Waals surface area contributed by atoms with Gasteiger partial charge in [0.2, 0.25) is 0 Å². The maximum atomic E-state index is 13.3. The van der Waals surface area contributed by atoms with Crippen molar-refractivity contribution in [3.8, 4) is 17.2 Å². The van der Waals surface area contributed by atoms with E-state index in [-0.39, 0.29) is 5.92 Å². The summed E-state index contributed by atoms with van der Waals surface area (Å²) in [4.78, 5) is 15.9. The fourth-order valence-electron chi connectivity index (χ4n) is 5.77. The Morgan fingerprint density at radius 1 is 0.848 bits per heavy atom. The first-order chi connectivity index (χ1) is 16.2. The van der Waals surface area contributed by atoms with Crippen LogP contribution < -0.4 is 0 Å². The molecule has 0 saturated carbocycles. The first-order valence-electron chi connectivity index (χ1n) is 12.1. The largest absolute Gasteiger partial charge is 0.299 e. The van der Waals surface area contributed by atoms with E-state index in [1.54, 1.807) is 0 Å². The first kappa shape index (κ1) is 21.6. The SMILES string of the molecule is N#Cc1ccccc1-c1ccc(CC(=O)C2CC3CCCC(C2)N3Cc2ccccc2)cc1. The molecule has 3 heteroatoms. The van der Waals surface area contributed by atoms with Gasteiger partial charge in [0.25, 0.3) is 0 Å². The number of piperidine rings is 2. The molecule has 166 valence electrons. The normalized spacial score (nSPS) is 22.5. The third-order valence-electron chi connectivity index (χ3n) is 7.48. The van der Waals surface area contributed by atoms with Crippen molar-refractivity contribution in [2.24, 2.45) is 5.92 Å². The molecule has 5 rings (SSSR count). The highest BCUT2D eigenvalue weighted by Crippen LogP contribution is 2.38. The number of benzene rings is 3. The van der Waals surface area contributed by atoms with Crippen LogP contribution in [0.25, 0.3) is 11.1 Å². The van der Waals surface area contributed by atoms with Crippen LogP contribution in [0.3, 0.4) is 0 Å². The van der Waals surface area contributed by atoms with E-state index in [2.05, 4.69) is 41.3 Å². The highest BCUT2D eigenvalue weighted by Gasteiger charge is 2.40. The van der Waals surface area contributed by atoms with Crippen molar-refractivity contribution in [2.45, 2.75) is 57.2 Å². The Balaban J connectivity index is 1.24. The summed E-state index contributed by atoms with van der Waals surface area (Å²) in [6.45, 7) is 1.00. The number of carbonyl (C=O) groups is 1. The molecule has 2 aliphatic rings. The highest BCUT2D eigenvalue weighted by molar-refractivity contribution is 5.83. The first-order valence-corrected chi connectivity index (χ1v) is 12.1. The van der Waals surface area contributed by atoms with E-state index in [4.69, 9.17) is 0 Å². The molecule has 0 aliphatic carbocycles. The Morgan fingerprint density at radius 2 is 1.52 bits per heavy atom. The predicted octanol–water partition coefficient (Wildman–Crippen LogP) is 6.17. The number of nitriles is 1. The van der Waals surface area contributed by atoms with Crippen molar-refractivity contribution < 1.29 is 4.79 Å². The van der Waals surface area contributed by atoms with Gasteiger partial charge in [-0.2, -0.15) is 5.26 Å². The quantitative estimate of drug-likeness (QED) is 0.466. The number of hydrogen-bond donors (Lipinski definition) is 0. The van der Waals surface area contributed by atoms with Crippen molar-refractivity contribution in [3.05, 3.63) is 95.6 Å². The van der Waals surface area contributed by atoms with Gasteiger partial charge in [-0.05, 0) is 54.0 Å². The zero-order chi connectivity index (χ0) is 22.6. The summed E-state index contributed by atoms with van der Waals surface area (Å²) in [6.07, 6.45) is 6.20. The molecule has 3 aromatic carbocycles. The summed E-state index contributed by atoms with van der Waals surface area (Å²) >= 11 is 0. The second kappa shape index (κ2) is 9.73. The second-order valence-corrected chi connectivity index (χ2v) is 9.56. The molecule has 3 aromatic rings. The molecule has 2 bridgehead atoms. The molecule has 0 spiro atoms. The molecule has 33 heavy (non-hydrogen) atoms. The minimum atomic E-state index is 0.173. The fraction of sp³-hybridized carbons (Fsp3) is 0.333. The highest BCUT2D eigenvalue weighted by atomic mass is 16.1. The Hall–Kier alpha value is -3.22. The van der Waals surface area contributed by atoms with Crippen LogP contribution in [0.4, 0.5) is 0 Å². The number of ketones is 1. The molecule has 0 radical (unpaired) electrons. The average molecular weight is 435 g/mol. The van der Waals surface area contributed by atoms with Crippen LogP contribution in [0.1, 0.15) is 48.8 Å². The van der Waals surface area contributed by atoms with E-state index in [9.17, 15) is 10.1 Å². The number of rotatable bonds is 6. The van der Waals surface area contributed by atoms with E-state index >= 15 is 0 Å². The van der Waals surface area contributed by atoms with Gasteiger partial charge in [-0.3, -0.25) is 9.69 Å². The van der Waals surface area contributed by atoms with Gasteiger partial charge in [0.05, 0.1) is 11.6 Å². The van der Waals surface area contributed by atoms with Gasteiger partial charge >= 0.3 is 0 Å². The Bertz CT molecular complexity index is 1130. The lowest BCUT2D eigenvalue weighted by Crippen LogP contribution is -2.52. The maximum Gasteiger partial charge on any atom is 0.140 e. The van der Waals surface area contributed by atoms with Crippen molar-refractivity contribution in [1.29, 1.82) is 5.26 Å². The summed E-state index contributed by atoms with van der Waals surface area (Å²) in [5, 5.41) is 9.37. The van der Waals surface area contributed by atoms with Gasteiger partial charge in [-0.15, -0.1) is 0 Å². The maximum absolute atomic E-state index is 13.3. The number of Topliss-reactive ketones (excluding diaryl/α,β-unsaturated/α-hetero) is 1. The zero-order valence-electron chi connectivity index (χ0n) is 19.0. The van der Waals surface area contributed by atoms with Gasteiger partial charge in [0, 0.05) is 31.0 Å². The Kier molecular flexibility index (Phi) is 6.37. The molecule has 2 fully saturated rings. The number of fused-ring (bicyclic) bond motifs is 2. The van der Waals surface area contributed by atoms with Crippen LogP contribution in [-0.4, -0.2) is 22.8 Å². The molecule has 2 saturated heterocycles. The van der Waals surface area contributed by atoms with E-state index in [0.29, 0.717) is 29.9 Å². The summed E-state index contributed by atoms with van der Waals surface area (Å²) < 4.78 is 0. The number of nitrogens with zero attached hydrogens (tertiary/aromatic N) is 2. The summed E-state index contributed by atoms with van der Waals surface area (Å²) in [5.74, 6) is 0.558. The third-order valence-corrected chi connectivity index (χ3v) is 7.48. The molecular weight excluding hydrogens is 404 g/mol. The van der Waals surface area contributed by atoms with E-state index < -0.39 is 0 Å². The van der Waals surface area contributed by atoms with Crippen molar-refractivity contribution in [1.82, 2.24) is 4.90 Å². The molecule has 2 atom stereocenters. The van der Waals surface area contributed by atoms with Crippen LogP contribution in [0.2, 0.25) is 0 Å². The lowest BCUT2D eigenvalue weighted by Gasteiger charge is -2.48. The molecule has 2 aliphatic heterocycles. The second-order valence-electron chi connectivity index (χ2n) is 9.56. The van der Waals surface area contributed by atoms with Crippen LogP contribution in [0.15, 0.2) is 78.9 Å². The van der Waals surface area contributed by atoms with E-state index in [1.165, 1.54) is 24.8 Å². The molecule has 3 nitrogen and oxygen atoms in total. The van der Waals surface area contributed by atoms with Crippen LogP contribution in [-0.2, 0) is 17.8 Å². The van der Waals surface area contributed by atoms with Crippen molar-refractivity contribution in [3.63, 3.8) is 0 Å². The predicted molar refractivity (Wildman–Crippen MR) is 131 cm³/mol. The molecule has 2 unspecified atom stereocenters. The van der Waals surface area contributed by atoms with Gasteiger partial charge in [0.1, 0.15) is 5.78 Å². The molecule has 2 heterocycles. The summed E-state index contributed by atoms with van der Waals surface area (Å²) in [6, 6.07) is 29.9. The van der Waals surface area contributed by atoms with Crippen LogP contribution in [0, 0.1) is 17.2 Å². The smallest absolute Gasteiger partial charge is 0.140 e. The van der Waals surface area contributed by atoms with Gasteiger partial charge in [0.15, 0.2) is 0 Å². The van der Waals surface area contributed by atoms with E-state index in [1.807, 2.05) is 48.5 Å². The third kappa shape index (κ3) is 4.77. The topological polar surface area (TPSA) is 44.1 Å². The van der Waals surface area contributed by atoms with Crippen LogP contribution in [0.5, 0.6) is 0 Å². The van der Waals surface area contributed by atoms with Crippen molar-refractivity contribution in [2.75, 3.05) is 0 Å². The van der Waals surface area contributed by atoms with Gasteiger partial charge in [-0.25, -0.2) is 0 Å². The monoisotopic (exact) mass is 434 g/mol. The van der Waals surface area contributed by atoms with Crippen molar-refractivity contribution >= 4 is 5.78 Å². The minimum Gasteiger partial charge on any atom is -0.299 e. The molecular formula is C30H30N2O. The van der Waals surface area contributed by atoms with Gasteiger partial charge in [-0.1, -0.05) is 79.2 Å². The minimum absolute atomic E-state index is 0.173. The summed E-state index contributed by atoms with van der Waals surface area (Å²) in [7, 11) is 0. The molecule has 0 amide bonds. The van der Waals surface area contributed by atoms with Crippen LogP contribution >= 0.6 is 0 Å². The lowest BCUT2D eigenvalue weighted by atomic mass is 9.75. The number of carbonyl (C=O) groups excluding carboxylic acids is 1. The number of hydrogen-bond acceptors (Lipinski definition) is 3. The average Bonchev–Trinajstić information content (AvgIpc) is 2.85. The van der Waals surface area contributed by atoms with Gasteiger partial charge < -0.3 is 0 Å². The Labute approximate surface area is 196 Å². The Morgan fingerprint density at radius 3 is 2.21 bits per heavy atom. The fourth-order valence-corrected chi connectivity index (χ4v) is 5.77. The van der Waals surface area contributed by atoms with E-state index in [0.717, 1.165) is 36.1 Å². The standard InChI is InChI=1S/C30H30N2O/c31-20-25-9-4-5-12-29(25)24-15-13-22(14-16-24)17-30(33)26-18-27-10-6-11-28(19-26)32(27)21-23-7-2-1-3-8-23/h1-5,7-9,12-16,26-28H,6,10-11,17-19,21H2. The lowest BCUT2D eigenvalue weighted by molar-refractivity contribution is -0.126. The zero-order valence-corrected chi connectivity index (χ0v) is 19.0. The molecule has 0 aromatic heterocycles. The molecule has 0 N–H and O–H groups in total. The summed E-state index contributed by atoms with van der Waals surface area (Å²) in [5.41, 5.74) is 5.08.